The monoisotopic (exact) mass is 408 g/mol. The molecule has 0 unspecified atom stereocenters. The van der Waals surface area contributed by atoms with Gasteiger partial charge in [0, 0.05) is 25.0 Å². The number of hydrogen-bond acceptors (Lipinski definition) is 4. The lowest BCUT2D eigenvalue weighted by atomic mass is 9.76. The molecule has 2 bridgehead atoms. The van der Waals surface area contributed by atoms with Gasteiger partial charge in [-0.1, -0.05) is 12.2 Å². The summed E-state index contributed by atoms with van der Waals surface area (Å²) in [7, 11) is 0. The van der Waals surface area contributed by atoms with Crippen LogP contribution in [0.3, 0.4) is 0 Å². The first kappa shape index (κ1) is 17.8. The number of halogens is 1. The number of imidazole rings is 1. The minimum atomic E-state index is -0.788. The largest absolute Gasteiger partial charge is 0.360 e. The smallest absolute Gasteiger partial charge is 0.234 e. The zero-order chi connectivity index (χ0) is 20.5. The van der Waals surface area contributed by atoms with E-state index in [-0.39, 0.29) is 23.7 Å². The van der Waals surface area contributed by atoms with Gasteiger partial charge in [-0.2, -0.15) is 0 Å². The number of anilines is 1. The average Bonchev–Trinajstić information content (AvgIpc) is 3.47. The van der Waals surface area contributed by atoms with E-state index >= 15 is 0 Å². The highest BCUT2D eigenvalue weighted by Crippen LogP contribution is 2.53. The summed E-state index contributed by atoms with van der Waals surface area (Å²) in [6.45, 7) is 2.30. The van der Waals surface area contributed by atoms with Gasteiger partial charge < -0.3 is 19.1 Å². The van der Waals surface area contributed by atoms with E-state index in [4.69, 9.17) is 4.74 Å². The fraction of sp³-hybridized carbons (Fsp3) is 0.409. The normalized spacial score (nSPS) is 31.8. The molecule has 0 N–H and O–H groups in total. The molecule has 2 amide bonds. The lowest BCUT2D eigenvalue weighted by molar-refractivity contribution is -0.140. The lowest BCUT2D eigenvalue weighted by Gasteiger charge is -2.29. The Labute approximate surface area is 172 Å². The standard InChI is InChI=1S/C22H21FN4O3/c23-14-2-4-15(5-3-14)27-12-22-7-6-17(30-22)18(19(22)21(27)29)20(28)25-8-1-9-26-13-24-10-16(26)11-25/h2-7,10,13,17-19H,1,8-9,11-12H2/t17-,18-,19+,22-/m0/s1. The van der Waals surface area contributed by atoms with Crippen LogP contribution in [0.4, 0.5) is 10.1 Å². The third kappa shape index (κ3) is 2.43. The van der Waals surface area contributed by atoms with Gasteiger partial charge in [-0.15, -0.1) is 0 Å². The fourth-order valence-electron chi connectivity index (χ4n) is 5.41. The molecule has 8 heteroatoms. The molecule has 6 rings (SSSR count). The number of carbonyl (C=O) groups is 2. The van der Waals surface area contributed by atoms with Crippen molar-refractivity contribution in [2.45, 2.75) is 31.2 Å². The molecule has 7 nitrogen and oxygen atoms in total. The molecule has 2 saturated heterocycles. The maximum atomic E-state index is 13.6. The zero-order valence-corrected chi connectivity index (χ0v) is 16.3. The van der Waals surface area contributed by atoms with E-state index in [0.717, 1.165) is 18.7 Å². The Hall–Kier alpha value is -3.00. The maximum Gasteiger partial charge on any atom is 0.234 e. The lowest BCUT2D eigenvalue weighted by Crippen LogP contribution is -2.45. The Bertz CT molecular complexity index is 1060. The minimum Gasteiger partial charge on any atom is -0.360 e. The quantitative estimate of drug-likeness (QED) is 0.710. The third-order valence-corrected chi connectivity index (χ3v) is 6.81. The average molecular weight is 408 g/mol. The van der Waals surface area contributed by atoms with Gasteiger partial charge >= 0.3 is 0 Å². The molecule has 1 spiro atoms. The van der Waals surface area contributed by atoms with Crippen molar-refractivity contribution in [3.63, 3.8) is 0 Å². The molecule has 1 aromatic heterocycles. The first-order valence-electron chi connectivity index (χ1n) is 10.3. The maximum absolute atomic E-state index is 13.6. The molecule has 30 heavy (non-hydrogen) atoms. The van der Waals surface area contributed by atoms with Crippen molar-refractivity contribution in [1.29, 1.82) is 0 Å². The Morgan fingerprint density at radius 2 is 2.07 bits per heavy atom. The summed E-state index contributed by atoms with van der Waals surface area (Å²) in [5.74, 6) is -1.62. The number of aromatic nitrogens is 2. The predicted molar refractivity (Wildman–Crippen MR) is 105 cm³/mol. The first-order chi connectivity index (χ1) is 14.6. The van der Waals surface area contributed by atoms with E-state index in [1.165, 1.54) is 12.1 Å². The van der Waals surface area contributed by atoms with E-state index in [1.807, 2.05) is 17.1 Å². The van der Waals surface area contributed by atoms with Crippen molar-refractivity contribution >= 4 is 17.5 Å². The molecule has 2 aromatic rings. The predicted octanol–water partition coefficient (Wildman–Crippen LogP) is 1.74. The van der Waals surface area contributed by atoms with Gasteiger partial charge in [0.05, 0.1) is 43.1 Å². The number of carbonyl (C=O) groups excluding carboxylic acids is 2. The van der Waals surface area contributed by atoms with Gasteiger partial charge in [0.2, 0.25) is 11.8 Å². The minimum absolute atomic E-state index is 0.0415. The van der Waals surface area contributed by atoms with Crippen molar-refractivity contribution in [3.8, 4) is 0 Å². The van der Waals surface area contributed by atoms with Crippen LogP contribution in [-0.2, 0) is 27.4 Å². The highest BCUT2D eigenvalue weighted by atomic mass is 19.1. The second kappa shape index (κ2) is 6.25. The molecule has 0 radical (unpaired) electrons. The van der Waals surface area contributed by atoms with Gasteiger partial charge in [0.1, 0.15) is 11.4 Å². The number of fused-ring (bicyclic) bond motifs is 2. The van der Waals surface area contributed by atoms with Crippen LogP contribution >= 0.6 is 0 Å². The Morgan fingerprint density at radius 1 is 1.23 bits per heavy atom. The van der Waals surface area contributed by atoms with Gasteiger partial charge in [-0.3, -0.25) is 9.59 Å². The van der Waals surface area contributed by atoms with Crippen molar-refractivity contribution in [1.82, 2.24) is 14.5 Å². The van der Waals surface area contributed by atoms with Crippen molar-refractivity contribution in [2.24, 2.45) is 11.8 Å². The second-order valence-electron chi connectivity index (χ2n) is 8.49. The van der Waals surface area contributed by atoms with Gasteiger partial charge in [-0.05, 0) is 30.7 Å². The van der Waals surface area contributed by atoms with Crippen molar-refractivity contribution < 1.29 is 18.7 Å². The molecule has 4 atom stereocenters. The van der Waals surface area contributed by atoms with E-state index in [9.17, 15) is 14.0 Å². The molecule has 0 aliphatic carbocycles. The molecule has 4 aliphatic heterocycles. The fourth-order valence-corrected chi connectivity index (χ4v) is 5.41. The number of benzene rings is 1. The van der Waals surface area contributed by atoms with Crippen LogP contribution in [0.2, 0.25) is 0 Å². The summed E-state index contributed by atoms with van der Waals surface area (Å²) in [4.78, 5) is 34.7. The Morgan fingerprint density at radius 3 is 2.90 bits per heavy atom. The van der Waals surface area contributed by atoms with Crippen LogP contribution in [0.1, 0.15) is 12.1 Å². The summed E-state index contributed by atoms with van der Waals surface area (Å²) in [6, 6.07) is 5.86. The molecular weight excluding hydrogens is 387 g/mol. The van der Waals surface area contributed by atoms with Gasteiger partial charge in [-0.25, -0.2) is 9.37 Å². The topological polar surface area (TPSA) is 67.7 Å². The van der Waals surface area contributed by atoms with Crippen LogP contribution in [-0.4, -0.2) is 51.1 Å². The summed E-state index contributed by atoms with van der Waals surface area (Å²) in [5, 5.41) is 0. The number of hydrogen-bond donors (Lipinski definition) is 0. The van der Waals surface area contributed by atoms with Crippen LogP contribution in [0, 0.1) is 17.7 Å². The van der Waals surface area contributed by atoms with Gasteiger partial charge in [0.15, 0.2) is 0 Å². The zero-order valence-electron chi connectivity index (χ0n) is 16.3. The molecule has 0 saturated carbocycles. The third-order valence-electron chi connectivity index (χ3n) is 6.81. The number of rotatable bonds is 2. The number of nitrogens with zero attached hydrogens (tertiary/aromatic N) is 4. The van der Waals surface area contributed by atoms with Crippen LogP contribution in [0.5, 0.6) is 0 Å². The van der Waals surface area contributed by atoms with Crippen LogP contribution in [0.15, 0.2) is 48.9 Å². The van der Waals surface area contributed by atoms with Crippen molar-refractivity contribution in [3.05, 3.63) is 60.5 Å². The Kier molecular flexibility index (Phi) is 3.71. The summed E-state index contributed by atoms with van der Waals surface area (Å²) in [5.41, 5.74) is 0.834. The SMILES string of the molecule is O=C([C@H]1[C@@H]2C=C[C@@]3(CN(c4ccc(F)cc4)C(=O)[C@@H]13)O2)N1CCCn2cncc2C1. The highest BCUT2D eigenvalue weighted by molar-refractivity contribution is 6.03. The van der Waals surface area contributed by atoms with Crippen LogP contribution in [0.25, 0.3) is 0 Å². The van der Waals surface area contributed by atoms with Crippen molar-refractivity contribution in [2.75, 3.05) is 18.0 Å². The second-order valence-corrected chi connectivity index (χ2v) is 8.49. The summed E-state index contributed by atoms with van der Waals surface area (Å²) >= 11 is 0. The number of aryl methyl sites for hydroxylation is 1. The van der Waals surface area contributed by atoms with E-state index < -0.39 is 17.4 Å². The molecule has 2 fully saturated rings. The van der Waals surface area contributed by atoms with E-state index in [2.05, 4.69) is 9.55 Å². The number of ether oxygens (including phenoxy) is 1. The first-order valence-corrected chi connectivity index (χ1v) is 10.3. The number of amides is 2. The van der Waals surface area contributed by atoms with E-state index in [0.29, 0.717) is 25.3 Å². The highest BCUT2D eigenvalue weighted by Gasteiger charge is 2.67. The van der Waals surface area contributed by atoms with E-state index in [1.54, 1.807) is 29.6 Å². The Balaban J connectivity index is 1.31. The summed E-state index contributed by atoms with van der Waals surface area (Å²) in [6.07, 6.45) is 7.90. The van der Waals surface area contributed by atoms with Gasteiger partial charge in [0.25, 0.3) is 0 Å². The molecule has 154 valence electrons. The van der Waals surface area contributed by atoms with Crippen LogP contribution < -0.4 is 4.90 Å². The summed E-state index contributed by atoms with van der Waals surface area (Å²) < 4.78 is 21.6. The molecule has 1 aromatic carbocycles. The molecule has 4 aliphatic rings. The molecule has 5 heterocycles. The molecular formula is C22H21FN4O3.